The zero-order valence-electron chi connectivity index (χ0n) is 12.3. The van der Waals surface area contributed by atoms with Crippen LogP contribution in [0.4, 0.5) is 10.1 Å². The van der Waals surface area contributed by atoms with E-state index in [1.54, 1.807) is 12.1 Å². The lowest BCUT2D eigenvalue weighted by Crippen LogP contribution is -2.30. The Morgan fingerprint density at radius 3 is 2.48 bits per heavy atom. The number of hydrogen-bond donors (Lipinski definition) is 1. The van der Waals surface area contributed by atoms with Gasteiger partial charge in [-0.25, -0.2) is 4.39 Å². The molecule has 1 saturated carbocycles. The molecule has 0 aliphatic heterocycles. The first-order valence-electron chi connectivity index (χ1n) is 7.47. The van der Waals surface area contributed by atoms with Crippen molar-refractivity contribution in [3.8, 4) is 0 Å². The highest BCUT2D eigenvalue weighted by atomic mass is 19.1. The van der Waals surface area contributed by atoms with Crippen LogP contribution in [0.3, 0.4) is 0 Å². The third kappa shape index (κ3) is 3.08. The topological polar surface area (TPSA) is 29.3 Å². The second-order valence-electron chi connectivity index (χ2n) is 5.78. The van der Waals surface area contributed by atoms with Crippen molar-refractivity contribution in [2.45, 2.75) is 24.8 Å². The molecule has 3 rings (SSSR count). The quantitative estimate of drug-likeness (QED) is 0.904. The second kappa shape index (κ2) is 5.86. The Morgan fingerprint density at radius 2 is 1.90 bits per heavy atom. The maximum Gasteiger partial charge on any atom is 0.125 e. The van der Waals surface area contributed by atoms with Crippen LogP contribution in [0.2, 0.25) is 0 Å². The molecule has 1 unspecified atom stereocenters. The van der Waals surface area contributed by atoms with Gasteiger partial charge in [0.25, 0.3) is 0 Å². The van der Waals surface area contributed by atoms with Gasteiger partial charge in [-0.05, 0) is 48.1 Å². The van der Waals surface area contributed by atoms with Crippen molar-refractivity contribution in [2.75, 3.05) is 18.5 Å². The summed E-state index contributed by atoms with van der Waals surface area (Å²) in [5, 5.41) is 0. The van der Waals surface area contributed by atoms with Crippen LogP contribution in [0.5, 0.6) is 0 Å². The molecule has 3 heteroatoms. The Labute approximate surface area is 125 Å². The minimum absolute atomic E-state index is 0.0556. The maximum absolute atomic E-state index is 13.4. The fraction of sp³-hybridized carbons (Fsp3) is 0.333. The number of anilines is 1. The molecule has 2 aromatic carbocycles. The summed E-state index contributed by atoms with van der Waals surface area (Å²) in [6.07, 6.45) is 2.62. The number of likely N-dealkylation sites (N-methyl/N-ethyl adjacent to an activating group) is 1. The van der Waals surface area contributed by atoms with Crippen LogP contribution in [0, 0.1) is 5.82 Å². The van der Waals surface area contributed by atoms with E-state index in [1.807, 2.05) is 18.0 Å². The molecule has 1 aliphatic rings. The van der Waals surface area contributed by atoms with Gasteiger partial charge in [0.1, 0.15) is 5.82 Å². The first-order chi connectivity index (χ1) is 10.2. The Hall–Kier alpha value is -1.87. The van der Waals surface area contributed by atoms with Crippen molar-refractivity contribution < 1.29 is 4.39 Å². The van der Waals surface area contributed by atoms with Crippen molar-refractivity contribution in [1.29, 1.82) is 0 Å². The van der Waals surface area contributed by atoms with E-state index < -0.39 is 0 Å². The van der Waals surface area contributed by atoms with Crippen molar-refractivity contribution in [3.05, 3.63) is 65.5 Å². The highest BCUT2D eigenvalue weighted by molar-refractivity contribution is 5.48. The van der Waals surface area contributed by atoms with Crippen LogP contribution in [0.15, 0.2) is 48.5 Å². The van der Waals surface area contributed by atoms with Crippen molar-refractivity contribution in [2.24, 2.45) is 5.73 Å². The van der Waals surface area contributed by atoms with Gasteiger partial charge in [0.15, 0.2) is 0 Å². The summed E-state index contributed by atoms with van der Waals surface area (Å²) in [5.74, 6) is 0.538. The Kier molecular flexibility index (Phi) is 3.93. The Morgan fingerprint density at radius 1 is 1.19 bits per heavy atom. The standard InChI is InChI=1S/C18H21FN2/c1-21(17-4-2-3-16(19)11-17)18(12-20)15-9-7-14(8-10-15)13-5-6-13/h2-4,7-11,13,18H,5-6,12,20H2,1H3. The number of benzene rings is 2. The molecule has 2 nitrogen and oxygen atoms in total. The van der Waals surface area contributed by atoms with Gasteiger partial charge in [0.2, 0.25) is 0 Å². The van der Waals surface area contributed by atoms with E-state index in [0.29, 0.717) is 6.54 Å². The van der Waals surface area contributed by atoms with E-state index in [1.165, 1.54) is 30.0 Å². The van der Waals surface area contributed by atoms with Gasteiger partial charge < -0.3 is 10.6 Å². The number of nitrogens with two attached hydrogens (primary N) is 1. The summed E-state index contributed by atoms with van der Waals surface area (Å²) in [6, 6.07) is 15.4. The average molecular weight is 284 g/mol. The summed E-state index contributed by atoms with van der Waals surface area (Å²) in [5.41, 5.74) is 9.39. The van der Waals surface area contributed by atoms with Gasteiger partial charge in [0, 0.05) is 19.3 Å². The third-order valence-corrected chi connectivity index (χ3v) is 4.28. The molecule has 0 bridgehead atoms. The Bertz CT molecular complexity index is 605. The van der Waals surface area contributed by atoms with E-state index in [2.05, 4.69) is 24.3 Å². The fourth-order valence-corrected chi connectivity index (χ4v) is 2.80. The zero-order valence-corrected chi connectivity index (χ0v) is 12.3. The SMILES string of the molecule is CN(c1cccc(F)c1)C(CN)c1ccc(C2CC2)cc1. The van der Waals surface area contributed by atoms with Gasteiger partial charge in [-0.1, -0.05) is 30.3 Å². The number of nitrogens with zero attached hydrogens (tertiary/aromatic N) is 1. The molecule has 0 amide bonds. The fourth-order valence-electron chi connectivity index (χ4n) is 2.80. The van der Waals surface area contributed by atoms with Crippen molar-refractivity contribution in [1.82, 2.24) is 0 Å². The minimum Gasteiger partial charge on any atom is -0.366 e. The van der Waals surface area contributed by atoms with Gasteiger partial charge in [-0.3, -0.25) is 0 Å². The van der Waals surface area contributed by atoms with E-state index >= 15 is 0 Å². The first-order valence-corrected chi connectivity index (χ1v) is 7.47. The first kappa shape index (κ1) is 14.1. The van der Waals surface area contributed by atoms with E-state index in [0.717, 1.165) is 11.6 Å². The summed E-state index contributed by atoms with van der Waals surface area (Å²) in [6.45, 7) is 0.496. The molecular weight excluding hydrogens is 263 g/mol. The van der Waals surface area contributed by atoms with E-state index in [-0.39, 0.29) is 11.9 Å². The number of halogens is 1. The van der Waals surface area contributed by atoms with Gasteiger partial charge in [0.05, 0.1) is 6.04 Å². The molecule has 2 aromatic rings. The summed E-state index contributed by atoms with van der Waals surface area (Å²) in [4.78, 5) is 2.04. The summed E-state index contributed by atoms with van der Waals surface area (Å²) < 4.78 is 13.4. The van der Waals surface area contributed by atoms with Crippen LogP contribution in [0.1, 0.15) is 35.9 Å². The normalized spacial score (nSPS) is 15.8. The lowest BCUT2D eigenvalue weighted by molar-refractivity contribution is 0.623. The molecule has 1 fully saturated rings. The van der Waals surface area contributed by atoms with Crippen LogP contribution in [-0.4, -0.2) is 13.6 Å². The highest BCUT2D eigenvalue weighted by Crippen LogP contribution is 2.40. The molecule has 0 aromatic heterocycles. The lowest BCUT2D eigenvalue weighted by atomic mass is 10.0. The lowest BCUT2D eigenvalue weighted by Gasteiger charge is -2.29. The van der Waals surface area contributed by atoms with Crippen LogP contribution >= 0.6 is 0 Å². The molecule has 0 saturated heterocycles. The zero-order chi connectivity index (χ0) is 14.8. The monoisotopic (exact) mass is 284 g/mol. The molecule has 0 spiro atoms. The predicted molar refractivity (Wildman–Crippen MR) is 85.0 cm³/mol. The average Bonchev–Trinajstić information content (AvgIpc) is 3.33. The minimum atomic E-state index is -0.223. The molecular formula is C18H21FN2. The van der Waals surface area contributed by atoms with Crippen LogP contribution < -0.4 is 10.6 Å². The molecule has 110 valence electrons. The smallest absolute Gasteiger partial charge is 0.125 e. The molecule has 0 heterocycles. The molecule has 1 atom stereocenters. The van der Waals surface area contributed by atoms with E-state index in [9.17, 15) is 4.39 Å². The maximum atomic E-state index is 13.4. The second-order valence-corrected chi connectivity index (χ2v) is 5.78. The molecule has 0 radical (unpaired) electrons. The van der Waals surface area contributed by atoms with Gasteiger partial charge >= 0.3 is 0 Å². The van der Waals surface area contributed by atoms with Crippen molar-refractivity contribution in [3.63, 3.8) is 0 Å². The molecule has 1 aliphatic carbocycles. The Balaban J connectivity index is 1.82. The third-order valence-electron chi connectivity index (χ3n) is 4.28. The number of rotatable bonds is 5. The largest absolute Gasteiger partial charge is 0.366 e. The van der Waals surface area contributed by atoms with Crippen LogP contribution in [-0.2, 0) is 0 Å². The summed E-state index contributed by atoms with van der Waals surface area (Å²) >= 11 is 0. The molecule has 2 N–H and O–H groups in total. The van der Waals surface area contributed by atoms with Crippen molar-refractivity contribution >= 4 is 5.69 Å². The number of hydrogen-bond acceptors (Lipinski definition) is 2. The molecule has 21 heavy (non-hydrogen) atoms. The highest BCUT2D eigenvalue weighted by Gasteiger charge is 2.24. The van der Waals surface area contributed by atoms with Gasteiger partial charge in [-0.15, -0.1) is 0 Å². The van der Waals surface area contributed by atoms with Crippen LogP contribution in [0.25, 0.3) is 0 Å². The van der Waals surface area contributed by atoms with E-state index in [4.69, 9.17) is 5.73 Å². The summed E-state index contributed by atoms with van der Waals surface area (Å²) in [7, 11) is 1.96. The predicted octanol–water partition coefficient (Wildman–Crippen LogP) is 3.84. The van der Waals surface area contributed by atoms with Gasteiger partial charge in [-0.2, -0.15) is 0 Å².